The fourth-order valence-electron chi connectivity index (χ4n) is 2.77. The highest BCUT2D eigenvalue weighted by molar-refractivity contribution is 6.28. The van der Waals surface area contributed by atoms with Crippen LogP contribution in [0.3, 0.4) is 0 Å². The van der Waals surface area contributed by atoms with Crippen molar-refractivity contribution in [2.75, 3.05) is 13.6 Å². The van der Waals surface area contributed by atoms with E-state index >= 15 is 0 Å². The van der Waals surface area contributed by atoms with Crippen molar-refractivity contribution in [2.45, 2.75) is 19.9 Å². The Morgan fingerprint density at radius 2 is 2.04 bits per heavy atom. The summed E-state index contributed by atoms with van der Waals surface area (Å²) in [6.45, 7) is 4.08. The highest BCUT2D eigenvalue weighted by Gasteiger charge is 2.21. The maximum Gasteiger partial charge on any atom is 0.272 e. The summed E-state index contributed by atoms with van der Waals surface area (Å²) < 4.78 is 0. The van der Waals surface area contributed by atoms with E-state index in [9.17, 15) is 9.59 Å². The molecule has 3 aromatic rings. The number of carbonyl (C=O) groups excluding carboxylic acids is 2. The summed E-state index contributed by atoms with van der Waals surface area (Å²) >= 11 is 5.71. The molecule has 26 heavy (non-hydrogen) atoms. The maximum atomic E-state index is 12.5. The van der Waals surface area contributed by atoms with Crippen LogP contribution in [0.15, 0.2) is 30.5 Å². The average molecular weight is 374 g/mol. The number of para-hydroxylation sites is 1. The van der Waals surface area contributed by atoms with E-state index in [0.29, 0.717) is 17.9 Å². The Labute approximate surface area is 155 Å². The molecular formula is C18H20ClN5O2. The van der Waals surface area contributed by atoms with Gasteiger partial charge in [0.2, 0.25) is 5.28 Å². The monoisotopic (exact) mass is 373 g/mol. The summed E-state index contributed by atoms with van der Waals surface area (Å²) in [4.78, 5) is 36.1. The van der Waals surface area contributed by atoms with Gasteiger partial charge in [-0.2, -0.15) is 0 Å². The number of fused-ring (bicyclic) bond motifs is 1. The Balaban J connectivity index is 1.64. The van der Waals surface area contributed by atoms with Crippen LogP contribution in [0, 0.1) is 6.92 Å². The number of H-pyrrole nitrogens is 2. The minimum Gasteiger partial charge on any atom is -0.350 e. The highest BCUT2D eigenvalue weighted by atomic mass is 35.5. The number of halogens is 1. The van der Waals surface area contributed by atoms with Crippen molar-refractivity contribution in [1.29, 1.82) is 0 Å². The van der Waals surface area contributed by atoms with Gasteiger partial charge in [-0.25, -0.2) is 4.98 Å². The molecule has 0 bridgehead atoms. The molecule has 3 rings (SSSR count). The van der Waals surface area contributed by atoms with Crippen LogP contribution in [0.2, 0.25) is 5.28 Å². The predicted octanol–water partition coefficient (Wildman–Crippen LogP) is 2.74. The first-order valence-electron chi connectivity index (χ1n) is 8.21. The van der Waals surface area contributed by atoms with Gasteiger partial charge in [0.05, 0.1) is 6.20 Å². The molecule has 8 heteroatoms. The Kier molecular flexibility index (Phi) is 4.99. The summed E-state index contributed by atoms with van der Waals surface area (Å²) in [6.07, 6.45) is 1.39. The molecule has 2 heterocycles. The molecule has 0 aliphatic carbocycles. The molecule has 1 unspecified atom stereocenters. The molecule has 0 aliphatic rings. The third-order valence-electron chi connectivity index (χ3n) is 4.51. The lowest BCUT2D eigenvalue weighted by atomic mass is 10.1. The van der Waals surface area contributed by atoms with Crippen molar-refractivity contribution in [3.8, 4) is 0 Å². The van der Waals surface area contributed by atoms with E-state index < -0.39 is 0 Å². The van der Waals surface area contributed by atoms with Gasteiger partial charge < -0.3 is 20.2 Å². The number of nitrogens with one attached hydrogen (secondary N) is 3. The molecule has 2 amide bonds. The van der Waals surface area contributed by atoms with Crippen LogP contribution in [-0.4, -0.2) is 51.3 Å². The van der Waals surface area contributed by atoms with Gasteiger partial charge in [-0.05, 0) is 37.1 Å². The first kappa shape index (κ1) is 18.0. The van der Waals surface area contributed by atoms with Crippen molar-refractivity contribution in [1.82, 2.24) is 25.2 Å². The van der Waals surface area contributed by atoms with Crippen molar-refractivity contribution >= 4 is 34.3 Å². The lowest BCUT2D eigenvalue weighted by Crippen LogP contribution is -2.43. The molecule has 1 aromatic carbocycles. The zero-order valence-corrected chi connectivity index (χ0v) is 15.5. The summed E-state index contributed by atoms with van der Waals surface area (Å²) in [5.74, 6) is -0.441. The maximum absolute atomic E-state index is 12.5. The number of rotatable bonds is 5. The molecule has 0 fully saturated rings. The van der Waals surface area contributed by atoms with Crippen molar-refractivity contribution in [3.63, 3.8) is 0 Å². The van der Waals surface area contributed by atoms with E-state index in [1.54, 1.807) is 7.05 Å². The van der Waals surface area contributed by atoms with Crippen LogP contribution in [0.4, 0.5) is 0 Å². The first-order chi connectivity index (χ1) is 12.4. The number of imidazole rings is 1. The Morgan fingerprint density at radius 1 is 1.31 bits per heavy atom. The SMILES string of the molecule is Cc1c(C(=O)NCC(C)N(C)C(=O)c2cnc(Cl)[nH]2)[nH]c2ccccc12. The number of aromatic nitrogens is 3. The van der Waals surface area contributed by atoms with E-state index in [2.05, 4.69) is 20.3 Å². The van der Waals surface area contributed by atoms with Crippen molar-refractivity contribution in [2.24, 2.45) is 0 Å². The molecule has 0 aliphatic heterocycles. The zero-order chi connectivity index (χ0) is 18.8. The number of nitrogens with zero attached hydrogens (tertiary/aromatic N) is 2. The van der Waals surface area contributed by atoms with Crippen LogP contribution in [0.1, 0.15) is 33.5 Å². The molecule has 0 radical (unpaired) electrons. The van der Waals surface area contributed by atoms with Crippen LogP contribution in [0.5, 0.6) is 0 Å². The smallest absolute Gasteiger partial charge is 0.272 e. The number of hydrogen-bond acceptors (Lipinski definition) is 3. The molecular weight excluding hydrogens is 354 g/mol. The van der Waals surface area contributed by atoms with E-state index in [-0.39, 0.29) is 23.1 Å². The average Bonchev–Trinajstić information content (AvgIpc) is 3.22. The van der Waals surface area contributed by atoms with Gasteiger partial charge in [-0.15, -0.1) is 0 Å². The van der Waals surface area contributed by atoms with Gasteiger partial charge in [-0.1, -0.05) is 18.2 Å². The number of amides is 2. The summed E-state index contributed by atoms with van der Waals surface area (Å²) in [6, 6.07) is 7.56. The molecule has 136 valence electrons. The van der Waals surface area contributed by atoms with Crippen LogP contribution >= 0.6 is 11.6 Å². The number of hydrogen-bond donors (Lipinski definition) is 3. The van der Waals surface area contributed by atoms with Crippen LogP contribution < -0.4 is 5.32 Å². The fourth-order valence-corrected chi connectivity index (χ4v) is 2.92. The normalized spacial score (nSPS) is 12.2. The molecule has 0 spiro atoms. The van der Waals surface area contributed by atoms with Crippen molar-refractivity contribution < 1.29 is 9.59 Å². The number of aromatic amines is 2. The first-order valence-corrected chi connectivity index (χ1v) is 8.59. The number of benzene rings is 1. The Hall–Kier alpha value is -2.80. The van der Waals surface area contributed by atoms with Gasteiger partial charge in [0.1, 0.15) is 11.4 Å². The summed E-state index contributed by atoms with van der Waals surface area (Å²) in [5, 5.41) is 4.06. The zero-order valence-electron chi connectivity index (χ0n) is 14.8. The van der Waals surface area contributed by atoms with Gasteiger partial charge in [0.25, 0.3) is 11.8 Å². The van der Waals surface area contributed by atoms with E-state index in [0.717, 1.165) is 16.5 Å². The number of likely N-dealkylation sites (N-methyl/N-ethyl adjacent to an activating group) is 1. The number of carbonyl (C=O) groups is 2. The second-order valence-corrected chi connectivity index (χ2v) is 6.59. The molecule has 3 N–H and O–H groups in total. The lowest BCUT2D eigenvalue weighted by molar-refractivity contribution is 0.0726. The summed E-state index contributed by atoms with van der Waals surface area (Å²) in [5.41, 5.74) is 2.67. The van der Waals surface area contributed by atoms with Gasteiger partial charge in [0.15, 0.2) is 0 Å². The third-order valence-corrected chi connectivity index (χ3v) is 4.70. The van der Waals surface area contributed by atoms with Gasteiger partial charge in [0, 0.05) is 30.5 Å². The van der Waals surface area contributed by atoms with Crippen molar-refractivity contribution in [3.05, 3.63) is 52.7 Å². The second-order valence-electron chi connectivity index (χ2n) is 6.23. The van der Waals surface area contributed by atoms with E-state index in [1.165, 1.54) is 11.1 Å². The molecule has 0 saturated heterocycles. The quantitative estimate of drug-likeness (QED) is 0.641. The Bertz CT molecular complexity index is 962. The fraction of sp³-hybridized carbons (Fsp3) is 0.278. The minimum absolute atomic E-state index is 0.164. The topological polar surface area (TPSA) is 93.9 Å². The minimum atomic E-state index is -0.243. The van der Waals surface area contributed by atoms with Crippen LogP contribution in [-0.2, 0) is 0 Å². The summed E-state index contributed by atoms with van der Waals surface area (Å²) in [7, 11) is 1.67. The standard InChI is InChI=1S/C18H20ClN5O2/c1-10(24(3)17(26)14-9-21-18(19)23-14)8-20-16(25)15-11(2)12-6-4-5-7-13(12)22-15/h4-7,9-10,22H,8H2,1-3H3,(H,20,25)(H,21,23). The van der Waals surface area contributed by atoms with Gasteiger partial charge in [-0.3, -0.25) is 9.59 Å². The molecule has 2 aromatic heterocycles. The molecule has 1 atom stereocenters. The highest BCUT2D eigenvalue weighted by Crippen LogP contribution is 2.21. The van der Waals surface area contributed by atoms with Crippen LogP contribution in [0.25, 0.3) is 10.9 Å². The molecule has 7 nitrogen and oxygen atoms in total. The largest absolute Gasteiger partial charge is 0.350 e. The second kappa shape index (κ2) is 7.21. The molecule has 0 saturated carbocycles. The third kappa shape index (κ3) is 3.43. The van der Waals surface area contributed by atoms with E-state index in [4.69, 9.17) is 11.6 Å². The lowest BCUT2D eigenvalue weighted by Gasteiger charge is -2.24. The van der Waals surface area contributed by atoms with Gasteiger partial charge >= 0.3 is 0 Å². The van der Waals surface area contributed by atoms with E-state index in [1.807, 2.05) is 38.1 Å². The predicted molar refractivity (Wildman–Crippen MR) is 101 cm³/mol. The number of aryl methyl sites for hydroxylation is 1. The Morgan fingerprint density at radius 3 is 2.69 bits per heavy atom.